The van der Waals surface area contributed by atoms with Gasteiger partial charge in [0, 0.05) is 12.5 Å². The van der Waals surface area contributed by atoms with Gasteiger partial charge < -0.3 is 5.11 Å². The Bertz CT molecular complexity index is 1510. The summed E-state index contributed by atoms with van der Waals surface area (Å²) in [6.45, 7) is 3.62. The summed E-state index contributed by atoms with van der Waals surface area (Å²) < 4.78 is 28.6. The van der Waals surface area contributed by atoms with Crippen LogP contribution in [0.2, 0.25) is 5.02 Å². The number of aromatic hydroxyl groups is 1. The zero-order valence-electron chi connectivity index (χ0n) is 21.2. The number of hydrogen-bond acceptors (Lipinski definition) is 5. The van der Waals surface area contributed by atoms with Gasteiger partial charge >= 0.3 is 0 Å². The molecular weight excluding hydrogens is 530 g/mol. The number of imide groups is 2. The summed E-state index contributed by atoms with van der Waals surface area (Å²) in [7, 11) is 0. The van der Waals surface area contributed by atoms with Crippen molar-refractivity contribution in [2.75, 3.05) is 11.4 Å². The molecular formula is C29H25ClF2N2O5. The fourth-order valence-electron chi connectivity index (χ4n) is 7.35. The first-order valence-corrected chi connectivity index (χ1v) is 13.3. The minimum atomic E-state index is -1.38. The summed E-state index contributed by atoms with van der Waals surface area (Å²) in [6, 6.07) is 7.44. The predicted molar refractivity (Wildman–Crippen MR) is 136 cm³/mol. The molecule has 2 aliphatic carbocycles. The Morgan fingerprint density at radius 1 is 1.00 bits per heavy atom. The Morgan fingerprint density at radius 2 is 1.74 bits per heavy atom. The van der Waals surface area contributed by atoms with Gasteiger partial charge in [0.2, 0.25) is 23.6 Å². The van der Waals surface area contributed by atoms with E-state index >= 15 is 0 Å². The molecule has 202 valence electrons. The maximum Gasteiger partial charge on any atom is 0.241 e. The van der Waals surface area contributed by atoms with Crippen molar-refractivity contribution in [2.24, 2.45) is 29.1 Å². The minimum Gasteiger partial charge on any atom is -0.505 e. The van der Waals surface area contributed by atoms with Crippen molar-refractivity contribution in [2.45, 2.75) is 32.6 Å². The van der Waals surface area contributed by atoms with Crippen LogP contribution < -0.4 is 4.90 Å². The number of anilines is 1. The molecule has 0 radical (unpaired) electrons. The quantitative estimate of drug-likeness (QED) is 0.443. The Morgan fingerprint density at radius 3 is 2.41 bits per heavy atom. The third-order valence-electron chi connectivity index (χ3n) is 9.15. The van der Waals surface area contributed by atoms with Crippen molar-refractivity contribution in [1.29, 1.82) is 0 Å². The van der Waals surface area contributed by atoms with Crippen LogP contribution in [0.3, 0.4) is 0 Å². The molecule has 2 aromatic carbocycles. The monoisotopic (exact) mass is 554 g/mol. The summed E-state index contributed by atoms with van der Waals surface area (Å²) in [6.07, 6.45) is 2.30. The number of rotatable bonds is 3. The van der Waals surface area contributed by atoms with E-state index in [2.05, 4.69) is 0 Å². The van der Waals surface area contributed by atoms with Crippen LogP contribution in [0.5, 0.6) is 5.75 Å². The van der Waals surface area contributed by atoms with Crippen LogP contribution in [-0.4, -0.2) is 40.2 Å². The molecule has 0 aromatic heterocycles. The van der Waals surface area contributed by atoms with E-state index in [0.717, 1.165) is 17.0 Å². The lowest BCUT2D eigenvalue weighted by Gasteiger charge is -2.49. The topological polar surface area (TPSA) is 95.0 Å². The molecule has 2 aromatic rings. The second-order valence-corrected chi connectivity index (χ2v) is 11.3. The normalized spacial score (nSPS) is 31.8. The molecule has 6 rings (SSSR count). The molecule has 3 fully saturated rings. The van der Waals surface area contributed by atoms with Crippen LogP contribution in [0, 0.1) is 40.7 Å². The van der Waals surface area contributed by atoms with Crippen LogP contribution in [0.4, 0.5) is 14.5 Å². The number of amides is 4. The van der Waals surface area contributed by atoms with Crippen LogP contribution in [0.25, 0.3) is 0 Å². The zero-order valence-corrected chi connectivity index (χ0v) is 21.9. The minimum absolute atomic E-state index is 0.113. The van der Waals surface area contributed by atoms with Crippen molar-refractivity contribution >= 4 is 40.9 Å². The molecule has 0 spiro atoms. The summed E-state index contributed by atoms with van der Waals surface area (Å²) in [4.78, 5) is 56.8. The van der Waals surface area contributed by atoms with Gasteiger partial charge in [-0.1, -0.05) is 29.3 Å². The van der Waals surface area contributed by atoms with Gasteiger partial charge in [0.1, 0.15) is 5.82 Å². The Kier molecular flexibility index (Phi) is 5.73. The number of phenols is 1. The Balaban J connectivity index is 1.53. The molecule has 1 N–H and O–H groups in total. The number of carbonyl (C=O) groups is 4. The molecule has 4 amide bonds. The van der Waals surface area contributed by atoms with Gasteiger partial charge in [0.05, 0.1) is 33.9 Å². The van der Waals surface area contributed by atoms with Crippen molar-refractivity contribution in [3.63, 3.8) is 0 Å². The van der Waals surface area contributed by atoms with Gasteiger partial charge in [-0.25, -0.2) is 13.7 Å². The summed E-state index contributed by atoms with van der Waals surface area (Å²) in [5.41, 5.74) is -0.190. The van der Waals surface area contributed by atoms with Crippen molar-refractivity contribution in [3.05, 3.63) is 70.3 Å². The van der Waals surface area contributed by atoms with E-state index in [9.17, 15) is 33.1 Å². The van der Waals surface area contributed by atoms with E-state index in [-0.39, 0.29) is 41.9 Å². The van der Waals surface area contributed by atoms with E-state index < -0.39 is 64.2 Å². The van der Waals surface area contributed by atoms with Crippen molar-refractivity contribution in [3.8, 4) is 5.75 Å². The standard InChI is InChI=1S/C29H25ClF2N2O5/c1-3-33-25(36)16-7-6-15-17(23(16)27(33)38)12-18-26(37)34(14-5-8-20(31)19(30)11-14)28(39)29(18,2)24(15)13-4-9-22(35)21(32)10-13/h4-6,8-11,16-18,23-24,35H,3,7,12H2,1-2H3/t16-,17+,18-,23-,24-,29+/m0/s1. The second kappa shape index (κ2) is 8.71. The van der Waals surface area contributed by atoms with Gasteiger partial charge in [-0.05, 0) is 68.5 Å². The molecule has 4 aliphatic rings. The van der Waals surface area contributed by atoms with Crippen molar-refractivity contribution < 1.29 is 33.1 Å². The van der Waals surface area contributed by atoms with E-state index in [1.807, 2.05) is 6.08 Å². The number of nitrogens with zero attached hydrogens (tertiary/aromatic N) is 2. The lowest BCUT2D eigenvalue weighted by molar-refractivity contribution is -0.140. The van der Waals surface area contributed by atoms with E-state index in [1.165, 1.54) is 29.2 Å². The highest BCUT2D eigenvalue weighted by Gasteiger charge is 2.67. The average Bonchev–Trinajstić information content (AvgIpc) is 3.26. The van der Waals surface area contributed by atoms with Crippen LogP contribution in [0.15, 0.2) is 48.0 Å². The maximum atomic E-state index is 14.7. The van der Waals surface area contributed by atoms with Crippen molar-refractivity contribution in [1.82, 2.24) is 4.90 Å². The number of allylic oxidation sites excluding steroid dienone is 2. The molecule has 10 heteroatoms. The van der Waals surface area contributed by atoms with Crippen LogP contribution >= 0.6 is 11.6 Å². The van der Waals surface area contributed by atoms with E-state index in [0.29, 0.717) is 11.1 Å². The lowest BCUT2D eigenvalue weighted by Crippen LogP contribution is -2.48. The smallest absolute Gasteiger partial charge is 0.241 e. The van der Waals surface area contributed by atoms with Gasteiger partial charge in [-0.15, -0.1) is 0 Å². The summed E-state index contributed by atoms with van der Waals surface area (Å²) in [5.74, 6) is -7.27. The molecule has 39 heavy (non-hydrogen) atoms. The maximum absolute atomic E-state index is 14.7. The van der Waals surface area contributed by atoms with Gasteiger partial charge in [-0.2, -0.15) is 0 Å². The molecule has 0 unspecified atom stereocenters. The predicted octanol–water partition coefficient (Wildman–Crippen LogP) is 4.57. The number of carbonyl (C=O) groups excluding carboxylic acids is 4. The molecule has 2 aliphatic heterocycles. The molecule has 6 atom stereocenters. The summed E-state index contributed by atoms with van der Waals surface area (Å²) in [5, 5.41) is 9.60. The fraction of sp³-hybridized carbons (Fsp3) is 0.379. The first-order valence-electron chi connectivity index (χ1n) is 12.9. The number of fused-ring (bicyclic) bond motifs is 4. The molecule has 2 saturated heterocycles. The van der Waals surface area contributed by atoms with Gasteiger partial charge in [0.15, 0.2) is 11.6 Å². The summed E-state index contributed by atoms with van der Waals surface area (Å²) >= 11 is 5.98. The lowest BCUT2D eigenvalue weighted by atomic mass is 9.51. The number of likely N-dealkylation sites (tertiary alicyclic amines) is 1. The fourth-order valence-corrected chi connectivity index (χ4v) is 7.52. The van der Waals surface area contributed by atoms with Gasteiger partial charge in [-0.3, -0.25) is 24.1 Å². The molecule has 7 nitrogen and oxygen atoms in total. The highest BCUT2D eigenvalue weighted by atomic mass is 35.5. The third-order valence-corrected chi connectivity index (χ3v) is 9.44. The van der Waals surface area contributed by atoms with E-state index in [1.54, 1.807) is 13.8 Å². The highest BCUT2D eigenvalue weighted by molar-refractivity contribution is 6.31. The first kappa shape index (κ1) is 25.7. The zero-order chi connectivity index (χ0) is 28.0. The SMILES string of the molecule is CCN1C(=O)[C@H]2[C@H](CC=C3[C@H]2C[C@H]2C(=O)N(c4ccc(F)c(Cl)c4)C(=O)[C@@]2(C)[C@H]3c2ccc(O)c(F)c2)C1=O. The second-order valence-electron chi connectivity index (χ2n) is 10.9. The largest absolute Gasteiger partial charge is 0.505 e. The molecule has 0 bridgehead atoms. The number of phenolic OH excluding ortho intramolecular Hbond substituents is 1. The number of halogens is 3. The van der Waals surface area contributed by atoms with Crippen LogP contribution in [-0.2, 0) is 19.2 Å². The average molecular weight is 555 g/mol. The number of benzene rings is 2. The first-order chi connectivity index (χ1) is 18.5. The third kappa shape index (κ3) is 3.38. The Labute approximate surface area is 228 Å². The molecule has 1 saturated carbocycles. The number of hydrogen-bond donors (Lipinski definition) is 1. The van der Waals surface area contributed by atoms with E-state index in [4.69, 9.17) is 11.6 Å². The van der Waals surface area contributed by atoms with Crippen LogP contribution in [0.1, 0.15) is 38.2 Å². The van der Waals surface area contributed by atoms with Gasteiger partial charge in [0.25, 0.3) is 0 Å². The molecule has 2 heterocycles. The highest BCUT2D eigenvalue weighted by Crippen LogP contribution is 2.63. The Hall–Kier alpha value is -3.59.